The van der Waals surface area contributed by atoms with Crippen molar-refractivity contribution >= 4 is 40.9 Å². The van der Waals surface area contributed by atoms with Crippen molar-refractivity contribution in [3.05, 3.63) is 35.0 Å². The molecule has 7 heteroatoms. The Morgan fingerprint density at radius 2 is 2.26 bits per heavy atom. The lowest BCUT2D eigenvalue weighted by atomic mass is 10.1. The molecule has 2 aromatic rings. The predicted molar refractivity (Wildman–Crippen MR) is 96.4 cm³/mol. The zero-order valence-corrected chi connectivity index (χ0v) is 14.6. The van der Waals surface area contributed by atoms with Crippen LogP contribution >= 0.6 is 24.0 Å². The number of piperidine rings is 1. The van der Waals surface area contributed by atoms with Crippen molar-refractivity contribution in [3.8, 4) is 0 Å². The molecule has 1 fully saturated rings. The first-order chi connectivity index (χ1) is 10.6. The largest absolute Gasteiger partial charge is 0.357 e. The van der Waals surface area contributed by atoms with E-state index in [-0.39, 0.29) is 24.5 Å². The molecule has 1 aromatic heterocycles. The maximum Gasteiger partial charge on any atom is 0.317 e. The van der Waals surface area contributed by atoms with Crippen LogP contribution in [-0.2, 0) is 6.54 Å². The van der Waals surface area contributed by atoms with Gasteiger partial charge in [-0.2, -0.15) is 0 Å². The van der Waals surface area contributed by atoms with Crippen molar-refractivity contribution in [1.82, 2.24) is 20.5 Å². The van der Waals surface area contributed by atoms with Gasteiger partial charge in [0.05, 0.1) is 6.54 Å². The molecule has 1 saturated heterocycles. The van der Waals surface area contributed by atoms with Crippen LogP contribution in [0.5, 0.6) is 0 Å². The third-order valence-electron chi connectivity index (χ3n) is 4.21. The Balaban J connectivity index is 0.00000192. The second-order valence-electron chi connectivity index (χ2n) is 5.80. The summed E-state index contributed by atoms with van der Waals surface area (Å²) in [5.74, 6) is 0. The number of urea groups is 1. The van der Waals surface area contributed by atoms with E-state index in [0.29, 0.717) is 11.6 Å². The molecule has 0 bridgehead atoms. The van der Waals surface area contributed by atoms with E-state index in [1.54, 1.807) is 4.90 Å². The van der Waals surface area contributed by atoms with Gasteiger partial charge in [0, 0.05) is 41.3 Å². The van der Waals surface area contributed by atoms with Crippen LogP contribution in [0.3, 0.4) is 0 Å². The van der Waals surface area contributed by atoms with Gasteiger partial charge in [-0.15, -0.1) is 12.4 Å². The topological polar surface area (TPSA) is 60.2 Å². The fourth-order valence-corrected chi connectivity index (χ4v) is 3.06. The Bertz CT molecular complexity index is 667. The number of nitrogens with zero attached hydrogens (tertiary/aromatic N) is 1. The van der Waals surface area contributed by atoms with E-state index in [1.165, 1.54) is 0 Å². The van der Waals surface area contributed by atoms with Crippen LogP contribution in [0.15, 0.2) is 24.3 Å². The van der Waals surface area contributed by atoms with Crippen LogP contribution in [-0.4, -0.2) is 42.1 Å². The Morgan fingerprint density at radius 1 is 1.43 bits per heavy atom. The summed E-state index contributed by atoms with van der Waals surface area (Å²) in [6.07, 6.45) is 2.17. The second kappa shape index (κ2) is 7.90. The van der Waals surface area contributed by atoms with Crippen molar-refractivity contribution in [2.45, 2.75) is 25.4 Å². The number of hydrogen-bond donors (Lipinski definition) is 3. The summed E-state index contributed by atoms with van der Waals surface area (Å²) in [4.78, 5) is 17.3. The van der Waals surface area contributed by atoms with Crippen LogP contribution in [0.2, 0.25) is 5.02 Å². The highest BCUT2D eigenvalue weighted by molar-refractivity contribution is 6.31. The molecule has 2 heterocycles. The molecule has 1 atom stereocenters. The fourth-order valence-electron chi connectivity index (χ4n) is 2.88. The van der Waals surface area contributed by atoms with Crippen LogP contribution in [0, 0.1) is 0 Å². The summed E-state index contributed by atoms with van der Waals surface area (Å²) >= 11 is 5.99. The first-order valence-corrected chi connectivity index (χ1v) is 8.00. The average Bonchev–Trinajstić information content (AvgIpc) is 2.94. The number of carbonyl (C=O) groups excluding carboxylic acids is 1. The van der Waals surface area contributed by atoms with Gasteiger partial charge < -0.3 is 20.5 Å². The molecule has 1 aliphatic heterocycles. The molecule has 3 rings (SSSR count). The van der Waals surface area contributed by atoms with Crippen molar-refractivity contribution in [2.75, 3.05) is 20.1 Å². The molecule has 0 spiro atoms. The molecule has 1 aliphatic rings. The summed E-state index contributed by atoms with van der Waals surface area (Å²) in [6.45, 7) is 2.40. The van der Waals surface area contributed by atoms with E-state index in [9.17, 15) is 4.79 Å². The number of amides is 2. The van der Waals surface area contributed by atoms with Crippen molar-refractivity contribution in [2.24, 2.45) is 0 Å². The van der Waals surface area contributed by atoms with Crippen LogP contribution in [0.4, 0.5) is 4.79 Å². The van der Waals surface area contributed by atoms with E-state index in [4.69, 9.17) is 11.6 Å². The normalized spacial score (nSPS) is 17.6. The lowest BCUT2D eigenvalue weighted by molar-refractivity contribution is 0.178. The number of fused-ring (bicyclic) bond motifs is 1. The summed E-state index contributed by atoms with van der Waals surface area (Å²) in [5.41, 5.74) is 2.00. The molecule has 0 saturated carbocycles. The predicted octanol–water partition coefficient (Wildman–Crippen LogP) is 3.14. The quantitative estimate of drug-likeness (QED) is 0.790. The molecule has 0 aliphatic carbocycles. The molecule has 23 heavy (non-hydrogen) atoms. The monoisotopic (exact) mass is 356 g/mol. The number of nitrogens with one attached hydrogen (secondary N) is 3. The van der Waals surface area contributed by atoms with Gasteiger partial charge in [-0.3, -0.25) is 0 Å². The molecule has 126 valence electrons. The lowest BCUT2D eigenvalue weighted by Gasteiger charge is -2.31. The first-order valence-electron chi connectivity index (χ1n) is 7.62. The molecular weight excluding hydrogens is 335 g/mol. The molecule has 0 radical (unpaired) electrons. The summed E-state index contributed by atoms with van der Waals surface area (Å²) in [5, 5.41) is 8.07. The average molecular weight is 357 g/mol. The van der Waals surface area contributed by atoms with Gasteiger partial charge in [0.15, 0.2) is 0 Å². The van der Waals surface area contributed by atoms with Gasteiger partial charge in [-0.05, 0) is 43.7 Å². The minimum atomic E-state index is -0.0367. The summed E-state index contributed by atoms with van der Waals surface area (Å²) in [6, 6.07) is 7.97. The van der Waals surface area contributed by atoms with E-state index in [2.05, 4.69) is 15.6 Å². The Kier molecular flexibility index (Phi) is 6.16. The van der Waals surface area contributed by atoms with Crippen molar-refractivity contribution < 1.29 is 4.79 Å². The van der Waals surface area contributed by atoms with Crippen LogP contribution in [0.25, 0.3) is 10.9 Å². The number of benzene rings is 1. The van der Waals surface area contributed by atoms with E-state index >= 15 is 0 Å². The minimum absolute atomic E-state index is 0. The minimum Gasteiger partial charge on any atom is -0.357 e. The van der Waals surface area contributed by atoms with E-state index in [0.717, 1.165) is 42.5 Å². The molecule has 3 N–H and O–H groups in total. The summed E-state index contributed by atoms with van der Waals surface area (Å²) < 4.78 is 0. The number of carbonyl (C=O) groups is 1. The Morgan fingerprint density at radius 3 is 3.00 bits per heavy atom. The number of halogens is 2. The second-order valence-corrected chi connectivity index (χ2v) is 6.23. The van der Waals surface area contributed by atoms with Gasteiger partial charge in [0.1, 0.15) is 0 Å². The number of aromatic amines is 1. The van der Waals surface area contributed by atoms with Gasteiger partial charge in [-0.25, -0.2) is 4.79 Å². The van der Waals surface area contributed by atoms with E-state index in [1.807, 2.05) is 31.3 Å². The maximum absolute atomic E-state index is 12.2. The highest BCUT2D eigenvalue weighted by Gasteiger charge is 2.21. The summed E-state index contributed by atoms with van der Waals surface area (Å²) in [7, 11) is 1.86. The third-order valence-corrected chi connectivity index (χ3v) is 4.44. The standard InChI is InChI=1S/C16H21ClN4O.ClH/c1-21(14-3-2-6-18-10-14)16(22)19-9-13-8-11-7-12(17)4-5-15(11)20-13;/h4-5,7-8,14,18,20H,2-3,6,9-10H2,1H3,(H,19,22);1H/t14-;/m1./s1. The molecular formula is C16H22Cl2N4O. The molecule has 1 aromatic carbocycles. The highest BCUT2D eigenvalue weighted by atomic mass is 35.5. The zero-order chi connectivity index (χ0) is 15.5. The lowest BCUT2D eigenvalue weighted by Crippen LogP contribution is -2.49. The maximum atomic E-state index is 12.2. The van der Waals surface area contributed by atoms with Gasteiger partial charge in [-0.1, -0.05) is 11.6 Å². The van der Waals surface area contributed by atoms with Gasteiger partial charge in [0.2, 0.25) is 0 Å². The number of hydrogen-bond acceptors (Lipinski definition) is 2. The SMILES string of the molecule is CN(C(=O)NCc1cc2cc(Cl)ccc2[nH]1)[C@@H]1CCCNC1.Cl. The number of H-pyrrole nitrogens is 1. The number of rotatable bonds is 3. The molecule has 0 unspecified atom stereocenters. The molecule has 2 amide bonds. The van der Waals surface area contributed by atoms with Gasteiger partial charge >= 0.3 is 6.03 Å². The van der Waals surface area contributed by atoms with Crippen LogP contribution in [0.1, 0.15) is 18.5 Å². The molecule has 5 nitrogen and oxygen atoms in total. The van der Waals surface area contributed by atoms with Crippen molar-refractivity contribution in [1.29, 1.82) is 0 Å². The first kappa shape index (κ1) is 17.9. The van der Waals surface area contributed by atoms with Crippen molar-refractivity contribution in [3.63, 3.8) is 0 Å². The number of aromatic nitrogens is 1. The Labute approximate surface area is 147 Å². The van der Waals surface area contributed by atoms with Crippen LogP contribution < -0.4 is 10.6 Å². The zero-order valence-electron chi connectivity index (χ0n) is 13.1. The Hall–Kier alpha value is -1.43. The highest BCUT2D eigenvalue weighted by Crippen LogP contribution is 2.20. The van der Waals surface area contributed by atoms with Gasteiger partial charge in [0.25, 0.3) is 0 Å². The fraction of sp³-hybridized carbons (Fsp3) is 0.438. The number of likely N-dealkylation sites (N-methyl/N-ethyl adjacent to an activating group) is 1. The third kappa shape index (κ3) is 4.31. The smallest absolute Gasteiger partial charge is 0.317 e. The van der Waals surface area contributed by atoms with E-state index < -0.39 is 0 Å².